The van der Waals surface area contributed by atoms with Crippen LogP contribution in [0.2, 0.25) is 0 Å². The van der Waals surface area contributed by atoms with Gasteiger partial charge >= 0.3 is 0 Å². The summed E-state index contributed by atoms with van der Waals surface area (Å²) in [5.74, 6) is -0.957. The summed E-state index contributed by atoms with van der Waals surface area (Å²) < 4.78 is 18.5. The molecule has 13 heteroatoms. The topological polar surface area (TPSA) is 164 Å². The number of rotatable bonds is 0. The molecule has 0 unspecified atom stereocenters. The van der Waals surface area contributed by atoms with E-state index in [-0.39, 0.29) is 44.0 Å². The lowest BCUT2D eigenvalue weighted by molar-refractivity contribution is 0.0139. The number of hydrogen-bond acceptors (Lipinski definition) is 9. The van der Waals surface area contributed by atoms with Gasteiger partial charge < -0.3 is 24.8 Å². The molecule has 254 valence electrons. The van der Waals surface area contributed by atoms with Gasteiger partial charge in [-0.25, -0.2) is 9.13 Å². The standard InChI is InChI=1S/C36H36N4O9/c1-21-7-3-9-23-29(21)39-33(43)25-19-27-28(20-26(25)34(39)44)36(46)40(35(27)45)30-22(2)8-4-10-24(30)32(42)38-12-6-14-48-16-18-49-17-15-47-13-5-11-37-31(23)41/h3-4,7-10,19-20H,5-6,11-18H2,1-2H3,(H,37,41)(H,38,42). The van der Waals surface area contributed by atoms with Gasteiger partial charge in [-0.3, -0.25) is 28.8 Å². The molecule has 7 rings (SSSR count). The normalized spacial score (nSPS) is 16.0. The predicted octanol–water partition coefficient (Wildman–Crippen LogP) is 1.81. The first-order valence-corrected chi connectivity index (χ1v) is 16.1. The van der Waals surface area contributed by atoms with Gasteiger partial charge in [-0.2, -0.15) is 0 Å². The van der Waals surface area contributed by atoms with Gasteiger partial charge in [0.2, 0.25) is 0 Å². The molecule has 0 saturated heterocycles. The second-order valence-corrected chi connectivity index (χ2v) is 11.8. The van der Waals surface area contributed by atoms with Crippen molar-refractivity contribution in [3.05, 3.63) is 112 Å². The Bertz CT molecular complexity index is 2040. The van der Waals surface area contributed by atoms with Crippen LogP contribution in [-0.2, 0) is 14.2 Å². The molecule has 0 aliphatic carbocycles. The molecule has 2 aliphatic rings. The predicted molar refractivity (Wildman–Crippen MR) is 183 cm³/mol. The molecule has 0 fully saturated rings. The van der Waals surface area contributed by atoms with Crippen LogP contribution in [0.3, 0.4) is 0 Å². The van der Waals surface area contributed by atoms with Gasteiger partial charge in [0.1, 0.15) is 0 Å². The van der Waals surface area contributed by atoms with Gasteiger partial charge in [-0.15, -0.1) is 0 Å². The third kappa shape index (κ3) is 6.47. The highest BCUT2D eigenvalue weighted by atomic mass is 16.5. The van der Waals surface area contributed by atoms with Crippen molar-refractivity contribution in [1.82, 2.24) is 19.8 Å². The number of fused-ring (bicyclic) bond motifs is 16. The highest BCUT2D eigenvalue weighted by Crippen LogP contribution is 2.23. The van der Waals surface area contributed by atoms with E-state index in [1.54, 1.807) is 38.1 Å². The monoisotopic (exact) mass is 668 g/mol. The molecule has 0 saturated carbocycles. The maximum atomic E-state index is 13.9. The summed E-state index contributed by atoms with van der Waals surface area (Å²) in [6, 6.07) is 12.2. The van der Waals surface area contributed by atoms with Crippen LogP contribution in [0.5, 0.6) is 0 Å². The molecular weight excluding hydrogens is 632 g/mol. The minimum absolute atomic E-state index is 0.0689. The number of nitrogens with zero attached hydrogens (tertiary/aromatic N) is 2. The van der Waals surface area contributed by atoms with Crippen LogP contribution in [0, 0.1) is 13.8 Å². The van der Waals surface area contributed by atoms with E-state index < -0.39 is 34.1 Å². The highest BCUT2D eigenvalue weighted by Gasteiger charge is 2.26. The summed E-state index contributed by atoms with van der Waals surface area (Å²) in [4.78, 5) is 82.2. The van der Waals surface area contributed by atoms with Crippen molar-refractivity contribution in [2.24, 2.45) is 0 Å². The van der Waals surface area contributed by atoms with Gasteiger partial charge in [-0.1, -0.05) is 24.3 Å². The summed E-state index contributed by atoms with van der Waals surface area (Å²) in [6.45, 7) is 6.22. The second-order valence-electron chi connectivity index (χ2n) is 11.8. The molecule has 2 aliphatic heterocycles. The second kappa shape index (κ2) is 14.5. The molecule has 6 bridgehead atoms. The van der Waals surface area contributed by atoms with Crippen molar-refractivity contribution >= 4 is 33.4 Å². The van der Waals surface area contributed by atoms with Crippen LogP contribution in [0.4, 0.5) is 0 Å². The lowest BCUT2D eigenvalue weighted by Crippen LogP contribution is -2.31. The van der Waals surface area contributed by atoms with Gasteiger partial charge in [-0.05, 0) is 62.1 Å². The van der Waals surface area contributed by atoms with E-state index in [0.717, 1.165) is 9.13 Å². The number of ether oxygens (including phenoxy) is 3. The van der Waals surface area contributed by atoms with Gasteiger partial charge in [0.25, 0.3) is 34.1 Å². The summed E-state index contributed by atoms with van der Waals surface area (Å²) in [7, 11) is 0. The molecule has 2 aromatic heterocycles. The third-order valence-electron chi connectivity index (χ3n) is 8.55. The van der Waals surface area contributed by atoms with E-state index in [0.29, 0.717) is 76.7 Å². The average molecular weight is 669 g/mol. The first-order chi connectivity index (χ1) is 23.7. The smallest absolute Gasteiger partial charge is 0.266 e. The fraction of sp³-hybridized carbons (Fsp3) is 0.333. The Morgan fingerprint density at radius 2 is 0.857 bits per heavy atom. The van der Waals surface area contributed by atoms with Crippen LogP contribution in [-0.4, -0.2) is 73.7 Å². The van der Waals surface area contributed by atoms with E-state index in [9.17, 15) is 28.8 Å². The number of carbonyl (C=O) groups excluding carboxylic acids is 2. The molecule has 0 radical (unpaired) electrons. The lowest BCUT2D eigenvalue weighted by Gasteiger charge is -2.13. The van der Waals surface area contributed by atoms with Crippen LogP contribution >= 0.6 is 0 Å². The van der Waals surface area contributed by atoms with Crippen molar-refractivity contribution in [2.45, 2.75) is 26.7 Å². The molecule has 0 atom stereocenters. The van der Waals surface area contributed by atoms with Crippen LogP contribution in [0.15, 0.2) is 67.7 Å². The zero-order chi connectivity index (χ0) is 34.7. The summed E-state index contributed by atoms with van der Waals surface area (Å²) in [6.07, 6.45) is 1.04. The van der Waals surface area contributed by atoms with E-state index in [1.165, 1.54) is 24.3 Å². The number of para-hydroxylation sites is 2. The lowest BCUT2D eigenvalue weighted by atomic mass is 10.1. The zero-order valence-electron chi connectivity index (χ0n) is 27.3. The van der Waals surface area contributed by atoms with Crippen molar-refractivity contribution in [2.75, 3.05) is 52.7 Å². The van der Waals surface area contributed by atoms with Gasteiger partial charge in [0, 0.05) is 26.3 Å². The first kappa shape index (κ1) is 33.7. The molecule has 49 heavy (non-hydrogen) atoms. The first-order valence-electron chi connectivity index (χ1n) is 16.1. The molecule has 2 N–H and O–H groups in total. The number of benzene rings is 3. The minimum atomic E-state index is -0.728. The minimum Gasteiger partial charge on any atom is -0.379 e. The maximum absolute atomic E-state index is 13.9. The SMILES string of the molecule is Cc1cccc2c1-n1c(=O)c3cc4c(=O)n(c(=O)c4cc3c1=O)-c1c(C)cccc1C(=O)NCCCOCCOCCOCCCNC2=O. The number of aromatic nitrogens is 2. The summed E-state index contributed by atoms with van der Waals surface area (Å²) >= 11 is 0. The Morgan fingerprint density at radius 3 is 1.22 bits per heavy atom. The Hall–Kier alpha value is -5.24. The highest BCUT2D eigenvalue weighted by molar-refractivity contribution is 6.02. The quantitative estimate of drug-likeness (QED) is 0.234. The summed E-state index contributed by atoms with van der Waals surface area (Å²) in [5, 5.41) is 5.37. The molecule has 0 spiro atoms. The summed E-state index contributed by atoms with van der Waals surface area (Å²) in [5.41, 5.74) is -1.42. The number of amides is 2. The fourth-order valence-electron chi connectivity index (χ4n) is 6.14. The Kier molecular flexibility index (Phi) is 9.95. The van der Waals surface area contributed by atoms with Gasteiger partial charge in [0.15, 0.2) is 0 Å². The fourth-order valence-corrected chi connectivity index (χ4v) is 6.14. The Morgan fingerprint density at radius 1 is 0.510 bits per heavy atom. The zero-order valence-corrected chi connectivity index (χ0v) is 27.3. The van der Waals surface area contributed by atoms with E-state index in [4.69, 9.17) is 14.2 Å². The number of hydrogen-bond donors (Lipinski definition) is 2. The largest absolute Gasteiger partial charge is 0.379 e. The van der Waals surface area contributed by atoms with Gasteiger partial charge in [0.05, 0.1) is 70.5 Å². The third-order valence-corrected chi connectivity index (χ3v) is 8.55. The number of nitrogens with one attached hydrogen (secondary N) is 2. The molecule has 2 amide bonds. The maximum Gasteiger partial charge on any atom is 0.266 e. The number of aryl methyl sites for hydroxylation is 2. The Labute approximate surface area is 279 Å². The van der Waals surface area contributed by atoms with E-state index in [2.05, 4.69) is 10.6 Å². The molecule has 3 aromatic carbocycles. The van der Waals surface area contributed by atoms with Crippen LogP contribution in [0.1, 0.15) is 44.7 Å². The van der Waals surface area contributed by atoms with Crippen LogP contribution in [0.25, 0.3) is 32.9 Å². The number of carbonyl (C=O) groups is 2. The molecular formula is C36H36N4O9. The van der Waals surface area contributed by atoms with Crippen molar-refractivity contribution in [1.29, 1.82) is 0 Å². The average Bonchev–Trinajstić information content (AvgIpc) is 3.47. The van der Waals surface area contributed by atoms with Crippen molar-refractivity contribution < 1.29 is 23.8 Å². The van der Waals surface area contributed by atoms with Crippen molar-refractivity contribution in [3.63, 3.8) is 0 Å². The van der Waals surface area contributed by atoms with E-state index in [1.807, 2.05) is 0 Å². The molecule has 13 nitrogen and oxygen atoms in total. The van der Waals surface area contributed by atoms with E-state index >= 15 is 0 Å². The van der Waals surface area contributed by atoms with Crippen LogP contribution < -0.4 is 32.9 Å². The molecule has 4 heterocycles. The van der Waals surface area contributed by atoms with Crippen molar-refractivity contribution in [3.8, 4) is 11.4 Å². The Balaban J connectivity index is 1.46. The molecule has 5 aromatic rings.